The average molecular weight is 210 g/mol. The summed E-state index contributed by atoms with van der Waals surface area (Å²) >= 11 is 0. The number of ether oxygens (including phenoxy) is 1. The maximum Gasteiger partial charge on any atom is 0.192 e. The van der Waals surface area contributed by atoms with Gasteiger partial charge in [-0.25, -0.2) is 8.78 Å². The van der Waals surface area contributed by atoms with E-state index in [0.29, 0.717) is 0 Å². The van der Waals surface area contributed by atoms with Crippen molar-refractivity contribution < 1.29 is 18.3 Å². The largest absolute Gasteiger partial charge is 0.475 e. The number of rotatable bonds is 3. The van der Waals surface area contributed by atoms with Crippen molar-refractivity contribution in [2.45, 2.75) is 6.92 Å². The first kappa shape index (κ1) is 11.2. The molecule has 0 saturated carbocycles. The maximum atomic E-state index is 13.2. The van der Waals surface area contributed by atoms with Gasteiger partial charge in [-0.2, -0.15) is 0 Å². The van der Waals surface area contributed by atoms with Crippen LogP contribution in [0.4, 0.5) is 8.78 Å². The van der Waals surface area contributed by atoms with Crippen LogP contribution in [0.5, 0.6) is 5.75 Å². The Morgan fingerprint density at radius 2 is 2.00 bits per heavy atom. The van der Waals surface area contributed by atoms with Crippen LogP contribution in [-0.2, 0) is 0 Å². The van der Waals surface area contributed by atoms with E-state index in [9.17, 15) is 13.6 Å². The van der Waals surface area contributed by atoms with Gasteiger partial charge in [-0.1, -0.05) is 5.92 Å². The van der Waals surface area contributed by atoms with Crippen LogP contribution in [0.3, 0.4) is 0 Å². The molecule has 0 bridgehead atoms. The number of halogens is 2. The first-order valence-corrected chi connectivity index (χ1v) is 4.12. The molecule has 15 heavy (non-hydrogen) atoms. The third-order valence-electron chi connectivity index (χ3n) is 1.70. The minimum absolute atomic E-state index is 0.0435. The lowest BCUT2D eigenvalue weighted by atomic mass is 10.1. The molecule has 0 aromatic heterocycles. The Kier molecular flexibility index (Phi) is 3.40. The summed E-state index contributed by atoms with van der Waals surface area (Å²) in [6, 6.07) is 1.83. The molecule has 0 fully saturated rings. The first-order chi connectivity index (χ1) is 7.06. The number of hydrogen-bond donors (Lipinski definition) is 0. The molecule has 0 atom stereocenters. The minimum atomic E-state index is -0.935. The van der Waals surface area contributed by atoms with Crippen molar-refractivity contribution in [3.8, 4) is 18.1 Å². The molecule has 1 aromatic carbocycles. The quantitative estimate of drug-likeness (QED) is 0.564. The molecule has 4 heteroatoms. The Balaban J connectivity index is 3.11. The second-order valence-corrected chi connectivity index (χ2v) is 2.82. The molecule has 0 N–H and O–H groups in total. The molecule has 1 aromatic rings. The number of Topliss-reactive ketones (excluding diaryl/α,β-unsaturated/α-hetero) is 1. The monoisotopic (exact) mass is 210 g/mol. The third kappa shape index (κ3) is 2.53. The standard InChI is InChI=1S/C11H8F2O2/c1-3-4-15-11-9(12)5-8(7(2)14)6-10(11)13/h1,5-6H,4H2,2H3. The number of hydrogen-bond acceptors (Lipinski definition) is 2. The van der Waals surface area contributed by atoms with E-state index in [4.69, 9.17) is 6.42 Å². The Morgan fingerprint density at radius 1 is 1.47 bits per heavy atom. The van der Waals surface area contributed by atoms with E-state index in [1.54, 1.807) is 0 Å². The number of ketones is 1. The van der Waals surface area contributed by atoms with E-state index < -0.39 is 23.2 Å². The Bertz CT molecular complexity index is 410. The van der Waals surface area contributed by atoms with Gasteiger partial charge < -0.3 is 4.74 Å². The molecule has 0 amide bonds. The van der Waals surface area contributed by atoms with Crippen LogP contribution in [0.1, 0.15) is 17.3 Å². The number of terminal acetylenes is 1. The van der Waals surface area contributed by atoms with Gasteiger partial charge in [-0.05, 0) is 19.1 Å². The van der Waals surface area contributed by atoms with Crippen molar-refractivity contribution in [2.75, 3.05) is 6.61 Å². The summed E-state index contributed by atoms with van der Waals surface area (Å²) in [5.74, 6) is -0.762. The lowest BCUT2D eigenvalue weighted by molar-refractivity contribution is 0.101. The fourth-order valence-electron chi connectivity index (χ4n) is 1.01. The van der Waals surface area contributed by atoms with Crippen LogP contribution >= 0.6 is 0 Å². The highest BCUT2D eigenvalue weighted by Gasteiger charge is 2.13. The average Bonchev–Trinajstić information content (AvgIpc) is 2.16. The van der Waals surface area contributed by atoms with Gasteiger partial charge in [0.25, 0.3) is 0 Å². The zero-order chi connectivity index (χ0) is 11.4. The van der Waals surface area contributed by atoms with Crippen molar-refractivity contribution in [2.24, 2.45) is 0 Å². The van der Waals surface area contributed by atoms with E-state index in [-0.39, 0.29) is 12.2 Å². The molecule has 0 saturated heterocycles. The lowest BCUT2D eigenvalue weighted by Crippen LogP contribution is -2.02. The van der Waals surface area contributed by atoms with Gasteiger partial charge in [0, 0.05) is 5.56 Å². The highest BCUT2D eigenvalue weighted by atomic mass is 19.1. The smallest absolute Gasteiger partial charge is 0.192 e. The topological polar surface area (TPSA) is 26.3 Å². The highest BCUT2D eigenvalue weighted by Crippen LogP contribution is 2.23. The summed E-state index contributed by atoms with van der Waals surface area (Å²) in [6.07, 6.45) is 4.88. The van der Waals surface area contributed by atoms with E-state index in [1.165, 1.54) is 6.92 Å². The predicted molar refractivity (Wildman–Crippen MR) is 50.7 cm³/mol. The molecule has 0 spiro atoms. The third-order valence-corrected chi connectivity index (χ3v) is 1.70. The Labute approximate surface area is 85.9 Å². The Morgan fingerprint density at radius 3 is 2.40 bits per heavy atom. The molecule has 0 unspecified atom stereocenters. The van der Waals surface area contributed by atoms with E-state index >= 15 is 0 Å². The van der Waals surface area contributed by atoms with Gasteiger partial charge >= 0.3 is 0 Å². The summed E-state index contributed by atoms with van der Waals surface area (Å²) in [5.41, 5.74) is -0.0435. The zero-order valence-corrected chi connectivity index (χ0v) is 8.01. The predicted octanol–water partition coefficient (Wildman–Crippen LogP) is 2.18. The van der Waals surface area contributed by atoms with Gasteiger partial charge in [0.1, 0.15) is 6.61 Å². The van der Waals surface area contributed by atoms with Gasteiger partial charge in [0.15, 0.2) is 23.2 Å². The van der Waals surface area contributed by atoms with Crippen LogP contribution in [0.25, 0.3) is 0 Å². The molecule has 0 aliphatic heterocycles. The van der Waals surface area contributed by atoms with E-state index in [0.717, 1.165) is 12.1 Å². The van der Waals surface area contributed by atoms with Crippen molar-refractivity contribution >= 4 is 5.78 Å². The molecule has 0 radical (unpaired) electrons. The van der Waals surface area contributed by atoms with Gasteiger partial charge in [-0.15, -0.1) is 6.42 Å². The fraction of sp³-hybridized carbons (Fsp3) is 0.182. The number of benzene rings is 1. The molecular weight excluding hydrogens is 202 g/mol. The summed E-state index contributed by atoms with van der Waals surface area (Å²) in [6.45, 7) is 0.990. The molecule has 2 nitrogen and oxygen atoms in total. The van der Waals surface area contributed by atoms with Crippen molar-refractivity contribution in [1.82, 2.24) is 0 Å². The van der Waals surface area contributed by atoms with Crippen LogP contribution < -0.4 is 4.74 Å². The molecule has 0 heterocycles. The first-order valence-electron chi connectivity index (χ1n) is 4.12. The molecule has 78 valence electrons. The second kappa shape index (κ2) is 4.56. The summed E-state index contributed by atoms with van der Waals surface area (Å²) in [4.78, 5) is 10.9. The molecule has 0 aliphatic carbocycles. The van der Waals surface area contributed by atoms with E-state index in [2.05, 4.69) is 10.7 Å². The maximum absolute atomic E-state index is 13.2. The molecule has 1 rings (SSSR count). The number of carbonyl (C=O) groups is 1. The zero-order valence-electron chi connectivity index (χ0n) is 8.01. The number of carbonyl (C=O) groups excluding carboxylic acids is 1. The highest BCUT2D eigenvalue weighted by molar-refractivity contribution is 5.94. The molecular formula is C11H8F2O2. The SMILES string of the molecule is C#CCOc1c(F)cc(C(C)=O)cc1F. The minimum Gasteiger partial charge on any atom is -0.475 e. The fourth-order valence-corrected chi connectivity index (χ4v) is 1.01. The van der Waals surface area contributed by atoms with Crippen molar-refractivity contribution in [3.63, 3.8) is 0 Å². The van der Waals surface area contributed by atoms with Crippen molar-refractivity contribution in [3.05, 3.63) is 29.3 Å². The van der Waals surface area contributed by atoms with Gasteiger partial charge in [0.2, 0.25) is 0 Å². The van der Waals surface area contributed by atoms with Gasteiger partial charge in [-0.3, -0.25) is 4.79 Å². The molecule has 0 aliphatic rings. The van der Waals surface area contributed by atoms with Crippen LogP contribution in [-0.4, -0.2) is 12.4 Å². The summed E-state index contributed by atoms with van der Waals surface area (Å²) in [5, 5.41) is 0. The van der Waals surface area contributed by atoms with Crippen molar-refractivity contribution in [1.29, 1.82) is 0 Å². The van der Waals surface area contributed by atoms with Gasteiger partial charge in [0.05, 0.1) is 0 Å². The van der Waals surface area contributed by atoms with E-state index in [1.807, 2.05) is 0 Å². The van der Waals surface area contributed by atoms with Crippen LogP contribution in [0, 0.1) is 24.0 Å². The Hall–Kier alpha value is -1.89. The van der Waals surface area contributed by atoms with Crippen LogP contribution in [0.15, 0.2) is 12.1 Å². The summed E-state index contributed by atoms with van der Waals surface area (Å²) in [7, 11) is 0. The van der Waals surface area contributed by atoms with Crippen LogP contribution in [0.2, 0.25) is 0 Å². The normalized spacial score (nSPS) is 9.47. The summed E-state index contributed by atoms with van der Waals surface area (Å²) < 4.78 is 31.1. The lowest BCUT2D eigenvalue weighted by Gasteiger charge is -2.06. The second-order valence-electron chi connectivity index (χ2n) is 2.82.